The van der Waals surface area contributed by atoms with E-state index in [1.165, 1.54) is 0 Å². The van der Waals surface area contributed by atoms with Crippen LogP contribution in [0.4, 0.5) is 17.5 Å². The van der Waals surface area contributed by atoms with E-state index in [1.54, 1.807) is 0 Å². The number of aromatic nitrogens is 2. The maximum absolute atomic E-state index is 5.72. The Morgan fingerprint density at radius 3 is 2.89 bits per heavy atom. The summed E-state index contributed by atoms with van der Waals surface area (Å²) >= 11 is 3.50. The maximum atomic E-state index is 5.72. The zero-order chi connectivity index (χ0) is 12.5. The summed E-state index contributed by atoms with van der Waals surface area (Å²) in [6.45, 7) is 1.51. The first-order valence-electron chi connectivity index (χ1n) is 5.61. The fourth-order valence-electron chi connectivity index (χ4n) is 1.98. The summed E-state index contributed by atoms with van der Waals surface area (Å²) in [5, 5.41) is 6.54. The fourth-order valence-corrected chi connectivity index (χ4v) is 2.36. The summed E-state index contributed by atoms with van der Waals surface area (Å²) in [4.78, 5) is 8.51. The molecule has 3 rings (SSSR count). The predicted molar refractivity (Wildman–Crippen MR) is 74.4 cm³/mol. The van der Waals surface area contributed by atoms with Crippen LogP contribution in [-0.4, -0.2) is 9.97 Å². The molecule has 18 heavy (non-hydrogen) atoms. The second-order valence-electron chi connectivity index (χ2n) is 4.06. The Bertz CT molecular complexity index is 599. The van der Waals surface area contributed by atoms with Crippen LogP contribution in [0.3, 0.4) is 0 Å². The van der Waals surface area contributed by atoms with Crippen molar-refractivity contribution in [1.29, 1.82) is 0 Å². The highest BCUT2D eigenvalue weighted by Gasteiger charge is 2.18. The molecular weight excluding hydrogens is 294 g/mol. The molecule has 0 saturated carbocycles. The van der Waals surface area contributed by atoms with E-state index >= 15 is 0 Å². The molecule has 92 valence electrons. The Hall–Kier alpha value is -1.66. The molecule has 0 fully saturated rings. The number of nitrogen functional groups attached to an aromatic ring is 1. The van der Waals surface area contributed by atoms with E-state index in [0.717, 1.165) is 40.3 Å². The van der Waals surface area contributed by atoms with E-state index < -0.39 is 0 Å². The topological polar surface area (TPSA) is 75.9 Å². The van der Waals surface area contributed by atoms with Crippen molar-refractivity contribution >= 4 is 33.4 Å². The molecule has 0 aliphatic carbocycles. The first kappa shape index (κ1) is 11.4. The first-order chi connectivity index (χ1) is 8.74. The molecular formula is C12H12BrN5. The van der Waals surface area contributed by atoms with Crippen molar-refractivity contribution in [3.63, 3.8) is 0 Å². The minimum absolute atomic E-state index is 0.298. The van der Waals surface area contributed by atoms with Crippen molar-refractivity contribution in [3.05, 3.63) is 40.0 Å². The minimum Gasteiger partial charge on any atom is -0.368 e. The van der Waals surface area contributed by atoms with E-state index in [2.05, 4.69) is 36.5 Å². The second-order valence-corrected chi connectivity index (χ2v) is 4.92. The molecule has 6 heteroatoms. The summed E-state index contributed by atoms with van der Waals surface area (Å²) < 4.78 is 0.988. The van der Waals surface area contributed by atoms with Gasteiger partial charge < -0.3 is 16.4 Å². The highest BCUT2D eigenvalue weighted by atomic mass is 79.9. The van der Waals surface area contributed by atoms with Gasteiger partial charge in [-0.3, -0.25) is 0 Å². The lowest BCUT2D eigenvalue weighted by Crippen LogP contribution is -2.05. The van der Waals surface area contributed by atoms with Crippen LogP contribution in [0.15, 0.2) is 28.7 Å². The van der Waals surface area contributed by atoms with Gasteiger partial charge >= 0.3 is 0 Å². The third-order valence-corrected chi connectivity index (χ3v) is 3.52. The lowest BCUT2D eigenvalue weighted by Gasteiger charge is -2.11. The molecule has 1 aliphatic rings. The van der Waals surface area contributed by atoms with Gasteiger partial charge in [0.2, 0.25) is 5.95 Å². The molecule has 1 aromatic heterocycles. The van der Waals surface area contributed by atoms with Gasteiger partial charge in [0.25, 0.3) is 0 Å². The summed E-state index contributed by atoms with van der Waals surface area (Å²) in [6.07, 6.45) is 0. The van der Waals surface area contributed by atoms with Crippen molar-refractivity contribution < 1.29 is 0 Å². The molecule has 0 amide bonds. The van der Waals surface area contributed by atoms with Gasteiger partial charge in [-0.2, -0.15) is 4.98 Å². The average Bonchev–Trinajstić information content (AvgIpc) is 2.80. The number of benzene rings is 1. The lowest BCUT2D eigenvalue weighted by atomic mass is 10.2. The van der Waals surface area contributed by atoms with Crippen LogP contribution in [0.2, 0.25) is 0 Å². The number of anilines is 3. The van der Waals surface area contributed by atoms with Crippen LogP contribution in [0, 0.1) is 0 Å². The number of nitrogens with zero attached hydrogens (tertiary/aromatic N) is 2. The normalized spacial score (nSPS) is 13.4. The summed E-state index contributed by atoms with van der Waals surface area (Å²) in [6, 6.07) is 7.90. The van der Waals surface area contributed by atoms with Gasteiger partial charge in [-0.1, -0.05) is 12.1 Å². The van der Waals surface area contributed by atoms with Gasteiger partial charge in [0, 0.05) is 23.1 Å². The number of para-hydroxylation sites is 1. The van der Waals surface area contributed by atoms with E-state index in [1.807, 2.05) is 24.3 Å². The molecule has 2 aromatic rings. The van der Waals surface area contributed by atoms with Crippen LogP contribution in [-0.2, 0) is 13.1 Å². The summed E-state index contributed by atoms with van der Waals surface area (Å²) in [5.74, 6) is 1.07. The highest BCUT2D eigenvalue weighted by molar-refractivity contribution is 9.10. The van der Waals surface area contributed by atoms with Gasteiger partial charge in [-0.05, 0) is 28.1 Å². The number of nitrogens with two attached hydrogens (primary N) is 1. The van der Waals surface area contributed by atoms with E-state index in [4.69, 9.17) is 5.73 Å². The molecule has 0 spiro atoms. The number of nitrogens with one attached hydrogen (secondary N) is 2. The molecule has 1 aliphatic heterocycles. The van der Waals surface area contributed by atoms with Gasteiger partial charge in [-0.25, -0.2) is 4.98 Å². The van der Waals surface area contributed by atoms with Crippen LogP contribution in [0.1, 0.15) is 11.3 Å². The van der Waals surface area contributed by atoms with Gasteiger partial charge in [-0.15, -0.1) is 0 Å². The van der Waals surface area contributed by atoms with Gasteiger partial charge in [0.1, 0.15) is 5.82 Å². The second kappa shape index (κ2) is 4.55. The third-order valence-electron chi connectivity index (χ3n) is 2.83. The lowest BCUT2D eigenvalue weighted by molar-refractivity contribution is 0.758. The number of hydrogen-bond donors (Lipinski definition) is 3. The van der Waals surface area contributed by atoms with Crippen molar-refractivity contribution in [3.8, 4) is 0 Å². The zero-order valence-electron chi connectivity index (χ0n) is 9.57. The van der Waals surface area contributed by atoms with Crippen LogP contribution < -0.4 is 16.4 Å². The molecule has 5 nitrogen and oxygen atoms in total. The standard InChI is InChI=1S/C12H12BrN5/c13-8-3-1-2-4-9(8)16-11-7-5-15-6-10(7)17-12(14)18-11/h1-4,15H,5-6H2,(H3,14,16,17,18). The van der Waals surface area contributed by atoms with Crippen molar-refractivity contribution in [2.24, 2.45) is 0 Å². The minimum atomic E-state index is 0.298. The van der Waals surface area contributed by atoms with E-state index in [-0.39, 0.29) is 0 Å². The Morgan fingerprint density at radius 2 is 2.06 bits per heavy atom. The third kappa shape index (κ3) is 2.04. The quantitative estimate of drug-likeness (QED) is 0.793. The number of rotatable bonds is 2. The van der Waals surface area contributed by atoms with E-state index in [0.29, 0.717) is 5.95 Å². The van der Waals surface area contributed by atoms with Crippen molar-refractivity contribution in [2.75, 3.05) is 11.1 Å². The smallest absolute Gasteiger partial charge is 0.222 e. The molecule has 0 unspecified atom stereocenters. The maximum Gasteiger partial charge on any atom is 0.222 e. The Kier molecular flexibility index (Phi) is 2.89. The summed E-state index contributed by atoms with van der Waals surface area (Å²) in [7, 11) is 0. The average molecular weight is 306 g/mol. The number of fused-ring (bicyclic) bond motifs is 1. The fraction of sp³-hybridized carbons (Fsp3) is 0.167. The highest BCUT2D eigenvalue weighted by Crippen LogP contribution is 2.28. The molecule has 4 N–H and O–H groups in total. The molecule has 2 heterocycles. The van der Waals surface area contributed by atoms with Crippen LogP contribution in [0.5, 0.6) is 0 Å². The van der Waals surface area contributed by atoms with Gasteiger partial charge in [0.15, 0.2) is 0 Å². The first-order valence-corrected chi connectivity index (χ1v) is 6.41. The van der Waals surface area contributed by atoms with Crippen LogP contribution in [0.25, 0.3) is 0 Å². The van der Waals surface area contributed by atoms with E-state index in [9.17, 15) is 0 Å². The molecule has 0 bridgehead atoms. The van der Waals surface area contributed by atoms with Gasteiger partial charge in [0.05, 0.1) is 11.4 Å². The SMILES string of the molecule is Nc1nc2c(c(Nc3ccccc3Br)n1)CNC2. The Morgan fingerprint density at radius 1 is 1.22 bits per heavy atom. The van der Waals surface area contributed by atoms with Crippen molar-refractivity contribution in [1.82, 2.24) is 15.3 Å². The summed E-state index contributed by atoms with van der Waals surface area (Å²) in [5.41, 5.74) is 8.74. The van der Waals surface area contributed by atoms with Crippen LogP contribution >= 0.6 is 15.9 Å². The zero-order valence-corrected chi connectivity index (χ0v) is 11.2. The molecule has 0 atom stereocenters. The monoisotopic (exact) mass is 305 g/mol. The molecule has 1 aromatic carbocycles. The Labute approximate surface area is 113 Å². The van der Waals surface area contributed by atoms with Crippen molar-refractivity contribution in [2.45, 2.75) is 13.1 Å². The number of halogens is 1. The largest absolute Gasteiger partial charge is 0.368 e. The number of hydrogen-bond acceptors (Lipinski definition) is 5. The predicted octanol–water partition coefficient (Wildman–Crippen LogP) is 2.17. The molecule has 0 saturated heterocycles. The molecule has 0 radical (unpaired) electrons. The Balaban J connectivity index is 2.01.